The number of nitrogens with one attached hydrogen (secondary N) is 1. The molecular weight excluding hydrogens is 444 g/mol. The Labute approximate surface area is 206 Å². The topological polar surface area (TPSA) is 95.9 Å². The van der Waals surface area contributed by atoms with E-state index in [4.69, 9.17) is 4.74 Å². The lowest BCUT2D eigenvalue weighted by molar-refractivity contribution is -0.146. The van der Waals surface area contributed by atoms with E-state index >= 15 is 0 Å². The normalized spacial score (nSPS) is 16.0. The predicted octanol–water partition coefficient (Wildman–Crippen LogP) is 4.80. The van der Waals surface area contributed by atoms with Gasteiger partial charge in [-0.1, -0.05) is 75.2 Å². The van der Waals surface area contributed by atoms with Crippen LogP contribution in [0.15, 0.2) is 48.5 Å². The third kappa shape index (κ3) is 5.66. The van der Waals surface area contributed by atoms with Crippen molar-refractivity contribution in [2.24, 2.45) is 5.92 Å². The van der Waals surface area contributed by atoms with E-state index in [-0.39, 0.29) is 43.4 Å². The van der Waals surface area contributed by atoms with E-state index in [1.807, 2.05) is 38.1 Å². The van der Waals surface area contributed by atoms with Gasteiger partial charge in [-0.25, -0.2) is 4.79 Å². The molecule has 2 aromatic rings. The van der Waals surface area contributed by atoms with Crippen LogP contribution in [-0.4, -0.2) is 53.2 Å². The van der Waals surface area contributed by atoms with Gasteiger partial charge in [0.05, 0.1) is 0 Å². The highest BCUT2D eigenvalue weighted by atomic mass is 16.5. The zero-order valence-corrected chi connectivity index (χ0v) is 20.4. The first-order chi connectivity index (χ1) is 16.8. The number of rotatable bonds is 9. The first-order valence-corrected chi connectivity index (χ1v) is 12.5. The second-order valence-corrected chi connectivity index (χ2v) is 9.88. The van der Waals surface area contributed by atoms with Gasteiger partial charge in [-0.05, 0) is 41.0 Å². The summed E-state index contributed by atoms with van der Waals surface area (Å²) in [5.74, 6) is -1.32. The number of ether oxygens (including phenoxy) is 1. The molecular formula is C28H34N2O5. The van der Waals surface area contributed by atoms with Crippen LogP contribution in [0, 0.1) is 5.92 Å². The Bertz CT molecular complexity index is 1030. The molecule has 0 radical (unpaired) electrons. The van der Waals surface area contributed by atoms with Crippen LogP contribution < -0.4 is 5.32 Å². The number of carboxylic acids is 1. The summed E-state index contributed by atoms with van der Waals surface area (Å²) in [6.07, 6.45) is 3.13. The van der Waals surface area contributed by atoms with Crippen molar-refractivity contribution in [3.63, 3.8) is 0 Å². The number of carbonyl (C=O) groups excluding carboxylic acids is 2. The fraction of sp³-hybridized carbons (Fsp3) is 0.464. The number of carboxylic acid groups (broad SMARTS) is 1. The Balaban J connectivity index is 1.39. The van der Waals surface area contributed by atoms with Gasteiger partial charge >= 0.3 is 12.1 Å². The Morgan fingerprint density at radius 2 is 1.57 bits per heavy atom. The maximum atomic E-state index is 13.1. The second kappa shape index (κ2) is 10.9. The van der Waals surface area contributed by atoms with Crippen LogP contribution in [0.5, 0.6) is 0 Å². The molecule has 1 atom stereocenters. The number of carbonyl (C=O) groups is 3. The standard InChI is InChI=1S/C28H34N2O5/c1-18(2)25(15-26(31)30(16-27(32)33)19-9-3-4-10-19)29-28(34)35-17-24-22-13-7-5-11-20(22)21-12-6-8-14-23(21)24/h5-8,11-14,18-19,24-25H,3-4,9-10,15-17H2,1-2H3,(H,29,34)(H,32,33)/t25-/m1/s1. The van der Waals surface area contributed by atoms with Crippen molar-refractivity contribution < 1.29 is 24.2 Å². The molecule has 2 amide bonds. The SMILES string of the molecule is CC(C)[C@@H](CC(=O)N(CC(=O)O)C1CCCC1)NC(=O)OCC1c2ccccc2-c2ccccc21. The summed E-state index contributed by atoms with van der Waals surface area (Å²) in [5, 5.41) is 12.2. The monoisotopic (exact) mass is 478 g/mol. The number of hydrogen-bond acceptors (Lipinski definition) is 4. The minimum atomic E-state index is -1.02. The quantitative estimate of drug-likeness (QED) is 0.540. The minimum absolute atomic E-state index is 0.0188. The van der Waals surface area contributed by atoms with Crippen LogP contribution in [-0.2, 0) is 14.3 Å². The lowest BCUT2D eigenvalue weighted by Crippen LogP contribution is -2.47. The van der Waals surface area contributed by atoms with Crippen LogP contribution in [0.25, 0.3) is 11.1 Å². The largest absolute Gasteiger partial charge is 0.480 e. The molecule has 2 aliphatic rings. The maximum absolute atomic E-state index is 13.1. The average molecular weight is 479 g/mol. The van der Waals surface area contributed by atoms with Gasteiger partial charge in [-0.2, -0.15) is 0 Å². The molecule has 0 unspecified atom stereocenters. The number of benzene rings is 2. The Kier molecular flexibility index (Phi) is 7.73. The number of hydrogen-bond donors (Lipinski definition) is 2. The lowest BCUT2D eigenvalue weighted by Gasteiger charge is -2.30. The summed E-state index contributed by atoms with van der Waals surface area (Å²) in [4.78, 5) is 38.7. The predicted molar refractivity (Wildman–Crippen MR) is 133 cm³/mol. The number of nitrogens with zero attached hydrogens (tertiary/aromatic N) is 1. The molecule has 0 bridgehead atoms. The molecule has 0 spiro atoms. The highest BCUT2D eigenvalue weighted by Crippen LogP contribution is 2.44. The Morgan fingerprint density at radius 3 is 2.11 bits per heavy atom. The molecule has 2 aliphatic carbocycles. The fourth-order valence-electron chi connectivity index (χ4n) is 5.33. The number of alkyl carbamates (subject to hydrolysis) is 1. The van der Waals surface area contributed by atoms with Gasteiger partial charge in [0.2, 0.25) is 5.91 Å². The molecule has 0 saturated heterocycles. The van der Waals surface area contributed by atoms with Gasteiger partial charge in [0, 0.05) is 24.4 Å². The molecule has 0 aromatic heterocycles. The molecule has 2 aromatic carbocycles. The van der Waals surface area contributed by atoms with Crippen LogP contribution >= 0.6 is 0 Å². The zero-order chi connectivity index (χ0) is 24.9. The first-order valence-electron chi connectivity index (χ1n) is 12.5. The number of amides is 2. The zero-order valence-electron chi connectivity index (χ0n) is 20.4. The fourth-order valence-corrected chi connectivity index (χ4v) is 5.33. The molecule has 35 heavy (non-hydrogen) atoms. The third-order valence-electron chi connectivity index (χ3n) is 7.24. The van der Waals surface area contributed by atoms with Crippen LogP contribution in [0.3, 0.4) is 0 Å². The molecule has 2 N–H and O–H groups in total. The van der Waals surface area contributed by atoms with Gasteiger partial charge in [-0.3, -0.25) is 9.59 Å². The summed E-state index contributed by atoms with van der Waals surface area (Å²) in [7, 11) is 0. The average Bonchev–Trinajstić information content (AvgIpc) is 3.47. The first kappa shape index (κ1) is 24.8. The van der Waals surface area contributed by atoms with E-state index in [1.54, 1.807) is 0 Å². The minimum Gasteiger partial charge on any atom is -0.480 e. The molecule has 0 heterocycles. The summed E-state index contributed by atoms with van der Waals surface area (Å²) < 4.78 is 5.66. The van der Waals surface area contributed by atoms with E-state index in [2.05, 4.69) is 29.6 Å². The molecule has 0 aliphatic heterocycles. The van der Waals surface area contributed by atoms with E-state index in [1.165, 1.54) is 4.90 Å². The molecule has 1 fully saturated rings. The second-order valence-electron chi connectivity index (χ2n) is 9.88. The van der Waals surface area contributed by atoms with Crippen molar-refractivity contribution in [1.82, 2.24) is 10.2 Å². The summed E-state index contributed by atoms with van der Waals surface area (Å²) in [6, 6.07) is 15.8. The number of fused-ring (bicyclic) bond motifs is 3. The Hall–Kier alpha value is -3.35. The van der Waals surface area contributed by atoms with E-state index in [9.17, 15) is 19.5 Å². The van der Waals surface area contributed by atoms with Crippen molar-refractivity contribution in [3.05, 3.63) is 59.7 Å². The maximum Gasteiger partial charge on any atom is 0.407 e. The molecule has 4 rings (SSSR count). The van der Waals surface area contributed by atoms with E-state index in [0.29, 0.717) is 0 Å². The highest BCUT2D eigenvalue weighted by molar-refractivity contribution is 5.83. The van der Waals surface area contributed by atoms with Gasteiger partial charge < -0.3 is 20.1 Å². The van der Waals surface area contributed by atoms with Crippen molar-refractivity contribution in [1.29, 1.82) is 0 Å². The van der Waals surface area contributed by atoms with Crippen molar-refractivity contribution in [2.75, 3.05) is 13.2 Å². The van der Waals surface area contributed by atoms with Crippen molar-refractivity contribution in [2.45, 2.75) is 64.0 Å². The van der Waals surface area contributed by atoms with Crippen LogP contribution in [0.2, 0.25) is 0 Å². The van der Waals surface area contributed by atoms with Gasteiger partial charge in [0.25, 0.3) is 0 Å². The Morgan fingerprint density at radius 1 is 1.00 bits per heavy atom. The van der Waals surface area contributed by atoms with Gasteiger partial charge in [0.1, 0.15) is 13.2 Å². The lowest BCUT2D eigenvalue weighted by atomic mass is 9.98. The van der Waals surface area contributed by atoms with Crippen molar-refractivity contribution >= 4 is 18.0 Å². The van der Waals surface area contributed by atoms with Crippen molar-refractivity contribution in [3.8, 4) is 11.1 Å². The van der Waals surface area contributed by atoms with Crippen LogP contribution in [0.4, 0.5) is 4.79 Å². The summed E-state index contributed by atoms with van der Waals surface area (Å²) in [6.45, 7) is 3.75. The molecule has 7 heteroatoms. The van der Waals surface area contributed by atoms with E-state index < -0.39 is 18.1 Å². The summed E-state index contributed by atoms with van der Waals surface area (Å²) in [5.41, 5.74) is 4.59. The van der Waals surface area contributed by atoms with Gasteiger partial charge in [-0.15, -0.1) is 0 Å². The summed E-state index contributed by atoms with van der Waals surface area (Å²) >= 11 is 0. The van der Waals surface area contributed by atoms with Crippen LogP contribution in [0.1, 0.15) is 63.0 Å². The highest BCUT2D eigenvalue weighted by Gasteiger charge is 2.32. The van der Waals surface area contributed by atoms with Gasteiger partial charge in [0.15, 0.2) is 0 Å². The third-order valence-corrected chi connectivity index (χ3v) is 7.24. The molecule has 1 saturated carbocycles. The molecule has 7 nitrogen and oxygen atoms in total. The smallest absolute Gasteiger partial charge is 0.407 e. The van der Waals surface area contributed by atoms with E-state index in [0.717, 1.165) is 47.9 Å². The molecule has 186 valence electrons. The number of aliphatic carboxylic acids is 1.